The van der Waals surface area contributed by atoms with Crippen molar-refractivity contribution in [3.8, 4) is 0 Å². The molecule has 1 unspecified atom stereocenters. The van der Waals surface area contributed by atoms with E-state index >= 15 is 0 Å². The zero-order valence-electron chi connectivity index (χ0n) is 11.0. The number of benzene rings is 1. The van der Waals surface area contributed by atoms with Crippen molar-refractivity contribution in [3.63, 3.8) is 0 Å². The van der Waals surface area contributed by atoms with Crippen LogP contribution in [0, 0.1) is 0 Å². The van der Waals surface area contributed by atoms with Crippen LogP contribution in [-0.4, -0.2) is 48.9 Å². The first-order valence-electron chi connectivity index (χ1n) is 5.58. The third-order valence-corrected chi connectivity index (χ3v) is 3.69. The normalized spacial score (nSPS) is 14.3. The molecule has 1 aromatic carbocycles. The van der Waals surface area contributed by atoms with E-state index in [4.69, 9.17) is 5.11 Å². The van der Waals surface area contributed by atoms with E-state index in [1.54, 1.807) is 0 Å². The number of hydrogen-bond acceptors (Lipinski definition) is 5. The fourth-order valence-corrected chi connectivity index (χ4v) is 1.96. The highest BCUT2D eigenvalue weighted by atomic mass is 32.2. The number of carboxylic acid groups (broad SMARTS) is 1. The number of aliphatic carboxylic acids is 1. The number of carboxylic acids is 1. The molecule has 0 spiro atoms. The minimum Gasteiger partial charge on any atom is -0.479 e. The van der Waals surface area contributed by atoms with Crippen LogP contribution >= 0.6 is 0 Å². The third kappa shape index (κ3) is 4.04. The Bertz CT molecular complexity index is 635. The molecule has 1 aromatic rings. The van der Waals surface area contributed by atoms with Crippen molar-refractivity contribution in [1.29, 1.82) is 0 Å². The molecule has 8 heteroatoms. The quantitative estimate of drug-likeness (QED) is 0.684. The minimum absolute atomic E-state index is 0.0184. The first kappa shape index (κ1) is 16.1. The van der Waals surface area contributed by atoms with Crippen LogP contribution in [0.25, 0.3) is 0 Å². The van der Waals surface area contributed by atoms with E-state index in [1.165, 1.54) is 24.3 Å². The van der Waals surface area contributed by atoms with Crippen molar-refractivity contribution in [2.75, 3.05) is 12.8 Å². The molecule has 0 saturated heterocycles. The number of aliphatic hydroxyl groups is 1. The molecule has 0 bridgehead atoms. The number of nitrogens with one attached hydrogen (secondary N) is 1. The van der Waals surface area contributed by atoms with Gasteiger partial charge in [-0.05, 0) is 25.1 Å². The molecule has 0 aliphatic rings. The topological polar surface area (TPSA) is 121 Å². The molecule has 1 rings (SSSR count). The summed E-state index contributed by atoms with van der Waals surface area (Å²) in [5, 5.41) is 20.4. The van der Waals surface area contributed by atoms with Crippen molar-refractivity contribution in [1.82, 2.24) is 5.32 Å². The van der Waals surface area contributed by atoms with Crippen LogP contribution in [0.2, 0.25) is 0 Å². The number of amides is 1. The number of rotatable bonds is 5. The van der Waals surface area contributed by atoms with E-state index in [0.29, 0.717) is 0 Å². The van der Waals surface area contributed by atoms with Gasteiger partial charge in [0.2, 0.25) is 0 Å². The Hall–Kier alpha value is -1.93. The van der Waals surface area contributed by atoms with E-state index in [1.807, 2.05) is 0 Å². The standard InChI is InChI=1S/C12H15NO6S/c1-12(17,11(15)16)7-13-10(14)8-4-3-5-9(6-8)20(2,18)19/h3-6,17H,7H2,1-2H3,(H,13,14)(H,15,16). The molecule has 1 amide bonds. The summed E-state index contributed by atoms with van der Waals surface area (Å²) < 4.78 is 22.7. The molecule has 3 N–H and O–H groups in total. The molecule has 0 saturated carbocycles. The number of carbonyl (C=O) groups excluding carboxylic acids is 1. The summed E-state index contributed by atoms with van der Waals surface area (Å²) in [4.78, 5) is 22.4. The summed E-state index contributed by atoms with van der Waals surface area (Å²) in [6.07, 6.45) is 1.01. The predicted octanol–water partition coefficient (Wildman–Crippen LogP) is -0.344. The second kappa shape index (κ2) is 5.59. The molecule has 0 fully saturated rings. The lowest BCUT2D eigenvalue weighted by Gasteiger charge is -2.18. The predicted molar refractivity (Wildman–Crippen MR) is 70.1 cm³/mol. The van der Waals surface area contributed by atoms with Crippen molar-refractivity contribution in [3.05, 3.63) is 29.8 Å². The van der Waals surface area contributed by atoms with Crippen LogP contribution in [0.1, 0.15) is 17.3 Å². The molecule has 0 aliphatic heterocycles. The van der Waals surface area contributed by atoms with Gasteiger partial charge in [0.15, 0.2) is 15.4 Å². The maximum absolute atomic E-state index is 11.8. The largest absolute Gasteiger partial charge is 0.479 e. The second-order valence-corrected chi connectivity index (χ2v) is 6.58. The third-order valence-electron chi connectivity index (χ3n) is 2.58. The molecule has 0 aromatic heterocycles. The van der Waals surface area contributed by atoms with Crippen molar-refractivity contribution in [2.45, 2.75) is 17.4 Å². The van der Waals surface area contributed by atoms with Gasteiger partial charge in [0, 0.05) is 11.8 Å². The molecular weight excluding hydrogens is 286 g/mol. The first-order chi connectivity index (χ1) is 9.04. The van der Waals surface area contributed by atoms with Crippen LogP contribution in [-0.2, 0) is 14.6 Å². The van der Waals surface area contributed by atoms with E-state index in [9.17, 15) is 23.1 Å². The number of carbonyl (C=O) groups is 2. The van der Waals surface area contributed by atoms with Crippen LogP contribution in [0.4, 0.5) is 0 Å². The summed E-state index contributed by atoms with van der Waals surface area (Å²) in [5.41, 5.74) is -2.03. The Morgan fingerprint density at radius 1 is 1.35 bits per heavy atom. The first-order valence-corrected chi connectivity index (χ1v) is 7.47. The maximum Gasteiger partial charge on any atom is 0.337 e. The van der Waals surface area contributed by atoms with Crippen LogP contribution in [0.3, 0.4) is 0 Å². The molecule has 110 valence electrons. The van der Waals surface area contributed by atoms with Gasteiger partial charge in [-0.2, -0.15) is 0 Å². The van der Waals surface area contributed by atoms with Gasteiger partial charge in [0.05, 0.1) is 11.4 Å². The lowest BCUT2D eigenvalue weighted by atomic mass is 10.1. The fraction of sp³-hybridized carbons (Fsp3) is 0.333. The summed E-state index contributed by atoms with van der Waals surface area (Å²) in [7, 11) is -3.44. The molecule has 0 heterocycles. The summed E-state index contributed by atoms with van der Waals surface area (Å²) in [6.45, 7) is 0.548. The fourth-order valence-electron chi connectivity index (χ4n) is 1.30. The molecule has 0 aliphatic carbocycles. The summed E-state index contributed by atoms with van der Waals surface area (Å²) >= 11 is 0. The van der Waals surface area contributed by atoms with E-state index in [2.05, 4.69) is 5.32 Å². The number of sulfone groups is 1. The van der Waals surface area contributed by atoms with E-state index < -0.39 is 33.9 Å². The molecule has 20 heavy (non-hydrogen) atoms. The van der Waals surface area contributed by atoms with Crippen molar-refractivity contribution >= 4 is 21.7 Å². The molecule has 1 atom stereocenters. The Kier molecular flexibility index (Phi) is 4.51. The summed E-state index contributed by atoms with van der Waals surface area (Å²) in [5.74, 6) is -2.14. The lowest BCUT2D eigenvalue weighted by Crippen LogP contribution is -2.46. The van der Waals surface area contributed by atoms with Gasteiger partial charge in [-0.25, -0.2) is 13.2 Å². The highest BCUT2D eigenvalue weighted by Crippen LogP contribution is 2.11. The minimum atomic E-state index is -3.44. The Morgan fingerprint density at radius 2 is 1.95 bits per heavy atom. The monoisotopic (exact) mass is 301 g/mol. The lowest BCUT2D eigenvalue weighted by molar-refractivity contribution is -0.155. The van der Waals surface area contributed by atoms with Crippen LogP contribution < -0.4 is 5.32 Å². The van der Waals surface area contributed by atoms with Crippen LogP contribution in [0.5, 0.6) is 0 Å². The molecular formula is C12H15NO6S. The second-order valence-electron chi connectivity index (χ2n) is 4.56. The van der Waals surface area contributed by atoms with Gasteiger partial charge in [-0.15, -0.1) is 0 Å². The van der Waals surface area contributed by atoms with Gasteiger partial charge >= 0.3 is 5.97 Å². The zero-order chi connectivity index (χ0) is 15.6. The zero-order valence-corrected chi connectivity index (χ0v) is 11.8. The molecule has 7 nitrogen and oxygen atoms in total. The Balaban J connectivity index is 2.87. The SMILES string of the molecule is CC(O)(CNC(=O)c1cccc(S(C)(=O)=O)c1)C(=O)O. The van der Waals surface area contributed by atoms with Crippen molar-refractivity contribution in [2.24, 2.45) is 0 Å². The van der Waals surface area contributed by atoms with Gasteiger partial charge in [-0.1, -0.05) is 6.07 Å². The van der Waals surface area contributed by atoms with Gasteiger partial charge in [0.25, 0.3) is 5.91 Å². The Labute approximate surface area is 116 Å². The summed E-state index contributed by atoms with van der Waals surface area (Å²) in [6, 6.07) is 5.32. The van der Waals surface area contributed by atoms with Crippen molar-refractivity contribution < 1.29 is 28.2 Å². The van der Waals surface area contributed by atoms with Gasteiger partial charge in [-0.3, -0.25) is 4.79 Å². The highest BCUT2D eigenvalue weighted by molar-refractivity contribution is 7.90. The van der Waals surface area contributed by atoms with E-state index in [0.717, 1.165) is 13.2 Å². The Morgan fingerprint density at radius 3 is 2.45 bits per heavy atom. The number of hydrogen-bond donors (Lipinski definition) is 3. The highest BCUT2D eigenvalue weighted by Gasteiger charge is 2.30. The smallest absolute Gasteiger partial charge is 0.337 e. The van der Waals surface area contributed by atoms with E-state index in [-0.39, 0.29) is 10.5 Å². The maximum atomic E-state index is 11.8. The average molecular weight is 301 g/mol. The van der Waals surface area contributed by atoms with Gasteiger partial charge in [0.1, 0.15) is 0 Å². The van der Waals surface area contributed by atoms with Crippen LogP contribution in [0.15, 0.2) is 29.2 Å². The molecule has 0 radical (unpaired) electrons. The average Bonchev–Trinajstić information content (AvgIpc) is 2.35. The van der Waals surface area contributed by atoms with Gasteiger partial charge < -0.3 is 15.5 Å².